The van der Waals surface area contributed by atoms with Crippen LogP contribution in [0.1, 0.15) is 39.5 Å². The van der Waals surface area contributed by atoms with E-state index in [0.29, 0.717) is 24.5 Å². The molecule has 0 saturated carbocycles. The molecule has 80 valence electrons. The van der Waals surface area contributed by atoms with Gasteiger partial charge in [-0.2, -0.15) is 0 Å². The van der Waals surface area contributed by atoms with Crippen molar-refractivity contribution in [2.45, 2.75) is 39.5 Å². The van der Waals surface area contributed by atoms with Gasteiger partial charge in [-0.1, -0.05) is 13.8 Å². The van der Waals surface area contributed by atoms with Gasteiger partial charge in [-0.15, -0.1) is 10.2 Å². The van der Waals surface area contributed by atoms with E-state index in [-0.39, 0.29) is 0 Å². The summed E-state index contributed by atoms with van der Waals surface area (Å²) in [6.07, 6.45) is 3.30. The van der Waals surface area contributed by atoms with Gasteiger partial charge in [0.1, 0.15) is 11.7 Å². The van der Waals surface area contributed by atoms with Crippen LogP contribution in [0.2, 0.25) is 0 Å². The van der Waals surface area contributed by atoms with E-state index in [0.717, 1.165) is 12.8 Å². The zero-order valence-electron chi connectivity index (χ0n) is 8.77. The Balaban J connectivity index is 3.93. The second-order valence-electron chi connectivity index (χ2n) is 2.86. The SMILES string of the molecule is CCCC(N)=NN=NN=C(N)CCC. The average molecular weight is 198 g/mol. The summed E-state index contributed by atoms with van der Waals surface area (Å²) in [5.74, 6) is 0.918. The summed E-state index contributed by atoms with van der Waals surface area (Å²) in [6, 6.07) is 0. The monoisotopic (exact) mass is 198 g/mol. The Labute approximate surface area is 84.2 Å². The van der Waals surface area contributed by atoms with Crippen LogP contribution in [0.3, 0.4) is 0 Å². The fraction of sp³-hybridized carbons (Fsp3) is 0.750. The van der Waals surface area contributed by atoms with Crippen molar-refractivity contribution >= 4 is 11.7 Å². The smallest absolute Gasteiger partial charge is 0.124 e. The van der Waals surface area contributed by atoms with E-state index in [4.69, 9.17) is 11.5 Å². The lowest BCUT2D eigenvalue weighted by Gasteiger charge is -1.91. The molecular formula is C8H18N6. The highest BCUT2D eigenvalue weighted by atomic mass is 15.5. The van der Waals surface area contributed by atoms with Crippen LogP contribution in [0, 0.1) is 0 Å². The van der Waals surface area contributed by atoms with E-state index >= 15 is 0 Å². The van der Waals surface area contributed by atoms with Gasteiger partial charge in [-0.05, 0) is 23.3 Å². The normalized spacial score (nSPS) is 13.9. The van der Waals surface area contributed by atoms with Crippen molar-refractivity contribution < 1.29 is 0 Å². The van der Waals surface area contributed by atoms with Crippen molar-refractivity contribution in [3.05, 3.63) is 0 Å². The van der Waals surface area contributed by atoms with E-state index < -0.39 is 0 Å². The Bertz CT molecular complexity index is 206. The van der Waals surface area contributed by atoms with Crippen LogP contribution in [-0.4, -0.2) is 11.7 Å². The second kappa shape index (κ2) is 8.15. The molecule has 0 bridgehead atoms. The van der Waals surface area contributed by atoms with Crippen LogP contribution in [0.15, 0.2) is 20.6 Å². The molecule has 0 aromatic heterocycles. The zero-order valence-corrected chi connectivity index (χ0v) is 8.77. The highest BCUT2D eigenvalue weighted by Crippen LogP contribution is 1.90. The Kier molecular flexibility index (Phi) is 7.30. The molecule has 0 rings (SSSR count). The number of hydrogen-bond acceptors (Lipinski definition) is 2. The molecule has 0 amide bonds. The van der Waals surface area contributed by atoms with Gasteiger partial charge in [0.05, 0.1) is 0 Å². The number of rotatable bonds is 6. The van der Waals surface area contributed by atoms with E-state index in [1.807, 2.05) is 13.8 Å². The van der Waals surface area contributed by atoms with Gasteiger partial charge in [-0.25, -0.2) is 0 Å². The predicted molar refractivity (Wildman–Crippen MR) is 57.9 cm³/mol. The summed E-state index contributed by atoms with van der Waals surface area (Å²) in [6.45, 7) is 4.02. The second-order valence-corrected chi connectivity index (χ2v) is 2.86. The van der Waals surface area contributed by atoms with Gasteiger partial charge < -0.3 is 11.5 Å². The quantitative estimate of drug-likeness (QED) is 0.293. The Morgan fingerprint density at radius 2 is 1.21 bits per heavy atom. The van der Waals surface area contributed by atoms with Crippen LogP contribution in [0.4, 0.5) is 0 Å². The van der Waals surface area contributed by atoms with Crippen molar-refractivity contribution in [1.82, 2.24) is 0 Å². The summed E-state index contributed by atoms with van der Waals surface area (Å²) in [5.41, 5.74) is 11.0. The molecule has 0 fully saturated rings. The van der Waals surface area contributed by atoms with Crippen molar-refractivity contribution in [1.29, 1.82) is 0 Å². The molecule has 0 spiro atoms. The summed E-state index contributed by atoms with van der Waals surface area (Å²) in [4.78, 5) is 0. The van der Waals surface area contributed by atoms with Crippen LogP contribution < -0.4 is 11.5 Å². The first kappa shape index (κ1) is 12.5. The van der Waals surface area contributed by atoms with Crippen molar-refractivity contribution in [2.24, 2.45) is 32.1 Å². The van der Waals surface area contributed by atoms with Gasteiger partial charge in [0, 0.05) is 12.8 Å². The molecule has 0 saturated heterocycles. The molecule has 6 heteroatoms. The summed E-state index contributed by atoms with van der Waals surface area (Å²) in [5, 5.41) is 14.1. The van der Waals surface area contributed by atoms with Crippen molar-refractivity contribution in [2.75, 3.05) is 0 Å². The van der Waals surface area contributed by atoms with Crippen LogP contribution in [0.25, 0.3) is 0 Å². The lowest BCUT2D eigenvalue weighted by molar-refractivity contribution is 0.903. The van der Waals surface area contributed by atoms with E-state index in [1.54, 1.807) is 0 Å². The molecule has 0 aromatic carbocycles. The van der Waals surface area contributed by atoms with E-state index in [1.165, 1.54) is 0 Å². The Morgan fingerprint density at radius 3 is 1.50 bits per heavy atom. The molecule has 0 unspecified atom stereocenters. The zero-order chi connectivity index (χ0) is 10.8. The number of nitrogens with two attached hydrogens (primary N) is 2. The molecule has 0 aromatic rings. The minimum atomic E-state index is 0.459. The largest absolute Gasteiger partial charge is 0.386 e. The maximum Gasteiger partial charge on any atom is 0.124 e. The van der Waals surface area contributed by atoms with Crippen LogP contribution >= 0.6 is 0 Å². The number of hydrogen-bond donors (Lipinski definition) is 2. The standard InChI is InChI=1S/C8H18N6/c1-3-5-7(9)11-13-14-12-8(10)6-4-2/h3-6H2,1-2H3,(H2,9,11,14)(H2,10,12,13). The van der Waals surface area contributed by atoms with Gasteiger partial charge in [0.15, 0.2) is 0 Å². The summed E-state index contributed by atoms with van der Waals surface area (Å²) in [7, 11) is 0. The summed E-state index contributed by atoms with van der Waals surface area (Å²) >= 11 is 0. The predicted octanol–water partition coefficient (Wildman–Crippen LogP) is 1.58. The highest BCUT2D eigenvalue weighted by Gasteiger charge is 1.88. The number of amidine groups is 2. The maximum atomic E-state index is 5.48. The van der Waals surface area contributed by atoms with Gasteiger partial charge >= 0.3 is 0 Å². The number of nitrogens with zero attached hydrogens (tertiary/aromatic N) is 4. The molecule has 6 nitrogen and oxygen atoms in total. The Morgan fingerprint density at radius 1 is 0.857 bits per heavy atom. The first-order valence-electron chi connectivity index (χ1n) is 4.75. The molecular weight excluding hydrogens is 180 g/mol. The topological polar surface area (TPSA) is 101 Å². The maximum absolute atomic E-state index is 5.48. The van der Waals surface area contributed by atoms with Crippen LogP contribution in [-0.2, 0) is 0 Å². The molecule has 0 heterocycles. The average Bonchev–Trinajstić information content (AvgIpc) is 2.13. The lowest BCUT2D eigenvalue weighted by Crippen LogP contribution is -2.10. The van der Waals surface area contributed by atoms with Crippen molar-refractivity contribution in [3.8, 4) is 0 Å². The van der Waals surface area contributed by atoms with Gasteiger partial charge in [0.25, 0.3) is 0 Å². The molecule has 0 aliphatic heterocycles. The fourth-order valence-electron chi connectivity index (χ4n) is 0.767. The first-order valence-corrected chi connectivity index (χ1v) is 4.75. The van der Waals surface area contributed by atoms with E-state index in [2.05, 4.69) is 20.6 Å². The first-order chi connectivity index (χ1) is 6.70. The molecule has 0 radical (unpaired) electrons. The van der Waals surface area contributed by atoms with Crippen LogP contribution in [0.5, 0.6) is 0 Å². The Hall–Kier alpha value is -1.46. The third-order valence-electron chi connectivity index (χ3n) is 1.40. The lowest BCUT2D eigenvalue weighted by atomic mass is 10.3. The fourth-order valence-corrected chi connectivity index (χ4v) is 0.767. The summed E-state index contributed by atoms with van der Waals surface area (Å²) < 4.78 is 0. The highest BCUT2D eigenvalue weighted by molar-refractivity contribution is 5.80. The molecule has 0 atom stereocenters. The molecule has 0 aliphatic carbocycles. The van der Waals surface area contributed by atoms with Crippen molar-refractivity contribution in [3.63, 3.8) is 0 Å². The molecule has 4 N–H and O–H groups in total. The minimum Gasteiger partial charge on any atom is -0.386 e. The van der Waals surface area contributed by atoms with E-state index in [9.17, 15) is 0 Å². The van der Waals surface area contributed by atoms with Gasteiger partial charge in [0.2, 0.25) is 0 Å². The minimum absolute atomic E-state index is 0.459. The third-order valence-corrected chi connectivity index (χ3v) is 1.40. The molecule has 14 heavy (non-hydrogen) atoms. The third kappa shape index (κ3) is 7.20. The molecule has 0 aliphatic rings. The van der Waals surface area contributed by atoms with Gasteiger partial charge in [-0.3, -0.25) is 0 Å².